The van der Waals surface area contributed by atoms with Crippen LogP contribution in [0.25, 0.3) is 0 Å². The van der Waals surface area contributed by atoms with Crippen LogP contribution < -0.4 is 0 Å². The molecule has 118 valence electrons. The van der Waals surface area contributed by atoms with Gasteiger partial charge in [-0.1, -0.05) is 11.3 Å². The molecule has 0 bridgehead atoms. The van der Waals surface area contributed by atoms with Gasteiger partial charge in [0.15, 0.2) is 0 Å². The number of nitro groups is 1. The van der Waals surface area contributed by atoms with Crippen molar-refractivity contribution in [1.29, 1.82) is 0 Å². The second-order valence-electron chi connectivity index (χ2n) is 3.85. The summed E-state index contributed by atoms with van der Waals surface area (Å²) >= 11 is 0.929. The maximum atomic E-state index is 11.2. The average Bonchev–Trinajstić information content (AvgIpc) is 2.95. The van der Waals surface area contributed by atoms with E-state index in [1.165, 1.54) is 32.6 Å². The molecule has 0 radical (unpaired) electrons. The van der Waals surface area contributed by atoms with Crippen LogP contribution in [-0.4, -0.2) is 43.0 Å². The van der Waals surface area contributed by atoms with E-state index >= 15 is 0 Å². The molecular weight excluding hydrogens is 314 g/mol. The number of hydrogen-bond acceptors (Lipinski definition) is 9. The lowest BCUT2D eigenvalue weighted by molar-refractivity contribution is -0.380. The van der Waals surface area contributed by atoms with E-state index in [2.05, 4.69) is 19.7 Å². The molecule has 0 aromatic carbocycles. The predicted octanol–water partition coefficient (Wildman–Crippen LogP) is 1.56. The lowest BCUT2D eigenvalue weighted by Gasteiger charge is -2.02. The topological polar surface area (TPSA) is 120 Å². The zero-order chi connectivity index (χ0) is 16.5. The zero-order valence-corrected chi connectivity index (χ0v) is 12.7. The summed E-state index contributed by atoms with van der Waals surface area (Å²) in [4.78, 5) is 33.0. The van der Waals surface area contributed by atoms with Gasteiger partial charge in [0.1, 0.15) is 0 Å². The first-order chi connectivity index (χ1) is 10.5. The maximum absolute atomic E-state index is 11.2. The van der Waals surface area contributed by atoms with E-state index in [9.17, 15) is 19.7 Å². The van der Waals surface area contributed by atoms with Gasteiger partial charge in [-0.2, -0.15) is 10.2 Å². The van der Waals surface area contributed by atoms with E-state index in [1.807, 2.05) is 0 Å². The molecule has 1 rings (SSSR count). The molecule has 0 atom stereocenters. The molecule has 1 aromatic rings. The van der Waals surface area contributed by atoms with Crippen molar-refractivity contribution in [3.05, 3.63) is 27.1 Å². The van der Waals surface area contributed by atoms with Gasteiger partial charge >= 0.3 is 16.9 Å². The number of rotatable bonds is 7. The molecule has 9 nitrogen and oxygen atoms in total. The molecule has 0 saturated carbocycles. The fourth-order valence-electron chi connectivity index (χ4n) is 1.29. The lowest BCUT2D eigenvalue weighted by Crippen LogP contribution is -2.14. The highest BCUT2D eigenvalue weighted by Gasteiger charge is 2.13. The van der Waals surface area contributed by atoms with Gasteiger partial charge in [-0.15, -0.1) is 0 Å². The first-order valence-electron chi connectivity index (χ1n) is 5.93. The molecule has 22 heavy (non-hydrogen) atoms. The van der Waals surface area contributed by atoms with Crippen molar-refractivity contribution < 1.29 is 24.0 Å². The minimum Gasteiger partial charge on any atom is -0.469 e. The SMILES string of the molecule is COC(=O)CC(CC(=O)OC)=N/N=C/c1ccc([N+](=O)[O-])s1. The van der Waals surface area contributed by atoms with Gasteiger partial charge in [0.05, 0.1) is 48.8 Å². The molecule has 0 aliphatic heterocycles. The number of carbonyl (C=O) groups excluding carboxylic acids is 2. The van der Waals surface area contributed by atoms with Crippen molar-refractivity contribution in [2.45, 2.75) is 12.8 Å². The Hall–Kier alpha value is -2.62. The highest BCUT2D eigenvalue weighted by Crippen LogP contribution is 2.22. The molecular formula is C12H13N3O6S. The molecule has 0 amide bonds. The number of methoxy groups -OCH3 is 2. The van der Waals surface area contributed by atoms with Gasteiger partial charge in [-0.3, -0.25) is 19.7 Å². The molecule has 10 heteroatoms. The third kappa shape index (κ3) is 5.79. The van der Waals surface area contributed by atoms with Crippen LogP contribution in [0.2, 0.25) is 0 Å². The number of nitrogens with zero attached hydrogens (tertiary/aromatic N) is 3. The van der Waals surface area contributed by atoms with E-state index in [0.717, 1.165) is 11.3 Å². The first kappa shape index (κ1) is 17.4. The summed E-state index contributed by atoms with van der Waals surface area (Å²) in [6.07, 6.45) is 0.896. The highest BCUT2D eigenvalue weighted by atomic mass is 32.1. The van der Waals surface area contributed by atoms with E-state index in [0.29, 0.717) is 4.88 Å². The number of ether oxygens (including phenoxy) is 2. The van der Waals surface area contributed by atoms with Crippen LogP contribution in [0.15, 0.2) is 22.3 Å². The summed E-state index contributed by atoms with van der Waals surface area (Å²) in [6.45, 7) is 0. The molecule has 0 N–H and O–H groups in total. The lowest BCUT2D eigenvalue weighted by atomic mass is 10.2. The Labute approximate surface area is 129 Å². The van der Waals surface area contributed by atoms with Crippen molar-refractivity contribution in [2.75, 3.05) is 14.2 Å². The molecule has 1 heterocycles. The summed E-state index contributed by atoms with van der Waals surface area (Å²) in [5.41, 5.74) is 0.168. The van der Waals surface area contributed by atoms with Crippen molar-refractivity contribution >= 4 is 40.2 Å². The largest absolute Gasteiger partial charge is 0.469 e. The monoisotopic (exact) mass is 327 g/mol. The van der Waals surface area contributed by atoms with Gasteiger partial charge in [0.2, 0.25) is 0 Å². The number of hydrogen-bond donors (Lipinski definition) is 0. The van der Waals surface area contributed by atoms with E-state index in [4.69, 9.17) is 0 Å². The zero-order valence-electron chi connectivity index (χ0n) is 11.8. The Morgan fingerprint density at radius 2 is 1.86 bits per heavy atom. The molecule has 0 fully saturated rings. The average molecular weight is 327 g/mol. The molecule has 0 aliphatic rings. The Bertz CT molecular complexity index is 602. The Morgan fingerprint density at radius 1 is 1.27 bits per heavy atom. The minimum absolute atomic E-state index is 0.0187. The molecule has 1 aromatic heterocycles. The Kier molecular flexibility index (Phi) is 6.83. The maximum Gasteiger partial charge on any atom is 0.324 e. The third-order valence-corrected chi connectivity index (χ3v) is 3.30. The van der Waals surface area contributed by atoms with Crippen LogP contribution in [0.3, 0.4) is 0 Å². The summed E-state index contributed by atoms with van der Waals surface area (Å²) in [7, 11) is 2.43. The van der Waals surface area contributed by atoms with Crippen LogP contribution in [0.5, 0.6) is 0 Å². The van der Waals surface area contributed by atoms with Crippen molar-refractivity contribution in [3.8, 4) is 0 Å². The summed E-state index contributed by atoms with van der Waals surface area (Å²) < 4.78 is 8.99. The van der Waals surface area contributed by atoms with Crippen molar-refractivity contribution in [3.63, 3.8) is 0 Å². The van der Waals surface area contributed by atoms with Gasteiger partial charge < -0.3 is 9.47 Å². The molecule has 0 saturated heterocycles. The van der Waals surface area contributed by atoms with Gasteiger partial charge in [0, 0.05) is 6.07 Å². The normalized spacial score (nSPS) is 10.3. The number of carbonyl (C=O) groups is 2. The minimum atomic E-state index is -0.565. The predicted molar refractivity (Wildman–Crippen MR) is 79.3 cm³/mol. The van der Waals surface area contributed by atoms with Crippen LogP contribution in [0.4, 0.5) is 5.00 Å². The van der Waals surface area contributed by atoms with E-state index < -0.39 is 16.9 Å². The second-order valence-corrected chi connectivity index (χ2v) is 4.94. The first-order valence-corrected chi connectivity index (χ1v) is 6.74. The van der Waals surface area contributed by atoms with Crippen LogP contribution in [0, 0.1) is 10.1 Å². The molecule has 0 spiro atoms. The van der Waals surface area contributed by atoms with Crippen molar-refractivity contribution in [1.82, 2.24) is 0 Å². The molecule has 0 unspecified atom stereocenters. The number of thiophene rings is 1. The Balaban J connectivity index is 2.80. The quantitative estimate of drug-likeness (QED) is 0.324. The second kappa shape index (κ2) is 8.62. The van der Waals surface area contributed by atoms with Gasteiger partial charge in [-0.25, -0.2) is 0 Å². The summed E-state index contributed by atoms with van der Waals surface area (Å²) in [5, 5.41) is 18.0. The fourth-order valence-corrected chi connectivity index (χ4v) is 1.98. The third-order valence-electron chi connectivity index (χ3n) is 2.33. The van der Waals surface area contributed by atoms with E-state index in [1.54, 1.807) is 0 Å². The van der Waals surface area contributed by atoms with Gasteiger partial charge in [0.25, 0.3) is 0 Å². The Morgan fingerprint density at radius 3 is 2.32 bits per heavy atom. The van der Waals surface area contributed by atoms with Crippen LogP contribution in [0.1, 0.15) is 17.7 Å². The fraction of sp³-hybridized carbons (Fsp3) is 0.333. The van der Waals surface area contributed by atoms with Crippen LogP contribution >= 0.6 is 11.3 Å². The van der Waals surface area contributed by atoms with E-state index in [-0.39, 0.29) is 23.6 Å². The van der Waals surface area contributed by atoms with Crippen molar-refractivity contribution in [2.24, 2.45) is 10.2 Å². The highest BCUT2D eigenvalue weighted by molar-refractivity contribution is 7.16. The van der Waals surface area contributed by atoms with Crippen LogP contribution in [-0.2, 0) is 19.1 Å². The number of esters is 2. The van der Waals surface area contributed by atoms with Gasteiger partial charge in [-0.05, 0) is 6.07 Å². The summed E-state index contributed by atoms with van der Waals surface area (Å²) in [6, 6.07) is 2.86. The molecule has 0 aliphatic carbocycles. The standard InChI is InChI=1S/C12H13N3O6S/c1-20-11(16)5-8(6-12(17)21-2)14-13-7-9-3-4-10(22-9)15(18)19/h3-4,7H,5-6H2,1-2H3/b13-7+. The summed E-state index contributed by atoms with van der Waals surface area (Å²) in [5.74, 6) is -1.13. The smallest absolute Gasteiger partial charge is 0.324 e.